The van der Waals surface area contributed by atoms with Crippen LogP contribution in [0.2, 0.25) is 5.02 Å². The van der Waals surface area contributed by atoms with Crippen LogP contribution in [-0.2, 0) is 9.59 Å². The number of nitrogens with zero attached hydrogens (tertiary/aromatic N) is 2. The summed E-state index contributed by atoms with van der Waals surface area (Å²) >= 11 is 6.15. The number of rotatable bonds is 10. The summed E-state index contributed by atoms with van der Waals surface area (Å²) in [6.45, 7) is 8.84. The molecule has 0 radical (unpaired) electrons. The Kier molecular flexibility index (Phi) is 9.15. The number of amides is 2. The maximum Gasteiger partial charge on any atom is 0.238 e. The molecule has 2 N–H and O–H groups in total. The molecule has 1 saturated heterocycles. The summed E-state index contributed by atoms with van der Waals surface area (Å²) in [4.78, 5) is 30.6. The average molecular weight is 484 g/mol. The normalized spacial score (nSPS) is 17.4. The highest BCUT2D eigenvalue weighted by molar-refractivity contribution is 6.30. The highest BCUT2D eigenvalue weighted by Crippen LogP contribution is 2.35. The Balaban J connectivity index is 1.80. The smallest absolute Gasteiger partial charge is 0.238 e. The summed E-state index contributed by atoms with van der Waals surface area (Å²) in [5.41, 5.74) is 7.16. The molecule has 2 aromatic carbocycles. The van der Waals surface area contributed by atoms with E-state index in [4.69, 9.17) is 17.3 Å². The van der Waals surface area contributed by atoms with Gasteiger partial charge in [0.1, 0.15) is 5.41 Å². The van der Waals surface area contributed by atoms with Gasteiger partial charge in [-0.05, 0) is 48.4 Å². The molecule has 0 unspecified atom stereocenters. The first-order chi connectivity index (χ1) is 16.3. The minimum absolute atomic E-state index is 0.0770. The maximum absolute atomic E-state index is 13.7. The predicted octanol–water partition coefficient (Wildman–Crippen LogP) is 5.28. The van der Waals surface area contributed by atoms with Gasteiger partial charge in [0.2, 0.25) is 11.8 Å². The third kappa shape index (κ3) is 6.00. The molecule has 0 aliphatic carbocycles. The Morgan fingerprint density at radius 2 is 1.53 bits per heavy atom. The van der Waals surface area contributed by atoms with Gasteiger partial charge in [-0.3, -0.25) is 14.5 Å². The van der Waals surface area contributed by atoms with Crippen LogP contribution in [0.3, 0.4) is 0 Å². The first kappa shape index (κ1) is 26.2. The number of carbonyl (C=O) groups excluding carboxylic acids is 2. The lowest BCUT2D eigenvalue weighted by Crippen LogP contribution is -2.57. The lowest BCUT2D eigenvalue weighted by atomic mass is 9.75. The second-order valence-electron chi connectivity index (χ2n) is 9.82. The molecule has 3 rings (SSSR count). The van der Waals surface area contributed by atoms with Gasteiger partial charge < -0.3 is 10.6 Å². The quantitative estimate of drug-likeness (QED) is 0.467. The average Bonchev–Trinajstić information content (AvgIpc) is 2.83. The molecule has 1 fully saturated rings. The molecule has 6 heteroatoms. The second kappa shape index (κ2) is 11.9. The van der Waals surface area contributed by atoms with E-state index in [1.54, 1.807) is 0 Å². The van der Waals surface area contributed by atoms with Crippen molar-refractivity contribution in [1.29, 1.82) is 0 Å². The fraction of sp³-hybridized carbons (Fsp3) is 0.500. The molecule has 1 aliphatic rings. The summed E-state index contributed by atoms with van der Waals surface area (Å²) in [6.07, 6.45) is 2.58. The number of carbonyl (C=O) groups is 2. The molecule has 0 spiro atoms. The molecular formula is C28H38ClN3O2. The topological polar surface area (TPSA) is 66.6 Å². The van der Waals surface area contributed by atoms with Gasteiger partial charge in [-0.25, -0.2) is 0 Å². The van der Waals surface area contributed by atoms with E-state index in [0.29, 0.717) is 36.9 Å². The number of benzene rings is 2. The zero-order valence-electron chi connectivity index (χ0n) is 20.7. The Morgan fingerprint density at radius 1 is 0.941 bits per heavy atom. The first-order valence-corrected chi connectivity index (χ1v) is 12.8. The van der Waals surface area contributed by atoms with E-state index in [1.807, 2.05) is 30.0 Å². The van der Waals surface area contributed by atoms with Gasteiger partial charge in [0.05, 0.1) is 6.04 Å². The lowest BCUT2D eigenvalue weighted by Gasteiger charge is -2.43. The van der Waals surface area contributed by atoms with E-state index >= 15 is 0 Å². The standard InChI is InChI=1S/C28H38ClN3O2/c1-4-15-28(26(30)33,16-14-21(2)3)27(34)32-19-17-31(18-20-32)25(22-8-6-5-7-9-22)23-10-12-24(29)13-11-23/h5-13,21,25H,4,14-20H2,1-3H3,(H2,30,33)/t25-,28+/m1/s1. The number of nitrogens with two attached hydrogens (primary N) is 1. The van der Waals surface area contributed by atoms with Crippen LogP contribution in [0.4, 0.5) is 0 Å². The molecule has 2 atom stereocenters. The van der Waals surface area contributed by atoms with Gasteiger partial charge in [0.25, 0.3) is 0 Å². The molecule has 2 aromatic rings. The number of primary amides is 1. The second-order valence-corrected chi connectivity index (χ2v) is 10.3. The van der Waals surface area contributed by atoms with Gasteiger partial charge in [0.15, 0.2) is 0 Å². The highest BCUT2D eigenvalue weighted by atomic mass is 35.5. The van der Waals surface area contributed by atoms with Gasteiger partial charge in [-0.2, -0.15) is 0 Å². The van der Waals surface area contributed by atoms with E-state index < -0.39 is 11.3 Å². The Bertz CT molecular complexity index is 940. The lowest BCUT2D eigenvalue weighted by molar-refractivity contribution is -0.152. The Labute approximate surface area is 209 Å². The highest BCUT2D eigenvalue weighted by Gasteiger charge is 2.46. The molecule has 0 bridgehead atoms. The van der Waals surface area contributed by atoms with Crippen LogP contribution in [0.15, 0.2) is 54.6 Å². The zero-order valence-corrected chi connectivity index (χ0v) is 21.4. The third-order valence-electron chi connectivity index (χ3n) is 6.97. The molecule has 34 heavy (non-hydrogen) atoms. The van der Waals surface area contributed by atoms with Crippen molar-refractivity contribution < 1.29 is 9.59 Å². The van der Waals surface area contributed by atoms with E-state index in [9.17, 15) is 9.59 Å². The number of piperazine rings is 1. The summed E-state index contributed by atoms with van der Waals surface area (Å²) in [5.74, 6) is -0.165. The Morgan fingerprint density at radius 3 is 2.06 bits per heavy atom. The minimum Gasteiger partial charge on any atom is -0.369 e. The predicted molar refractivity (Wildman–Crippen MR) is 138 cm³/mol. The van der Waals surface area contributed by atoms with E-state index in [1.165, 1.54) is 11.1 Å². The summed E-state index contributed by atoms with van der Waals surface area (Å²) in [7, 11) is 0. The monoisotopic (exact) mass is 483 g/mol. The summed E-state index contributed by atoms with van der Waals surface area (Å²) < 4.78 is 0. The summed E-state index contributed by atoms with van der Waals surface area (Å²) in [5, 5.41) is 0.714. The Hall–Kier alpha value is -2.37. The molecule has 1 aliphatic heterocycles. The molecule has 0 saturated carbocycles. The van der Waals surface area contributed by atoms with E-state index in [-0.39, 0.29) is 11.9 Å². The number of hydrogen-bond donors (Lipinski definition) is 1. The van der Waals surface area contributed by atoms with Crippen molar-refractivity contribution >= 4 is 23.4 Å². The van der Waals surface area contributed by atoms with Crippen molar-refractivity contribution in [3.63, 3.8) is 0 Å². The van der Waals surface area contributed by atoms with Crippen molar-refractivity contribution in [2.45, 2.75) is 52.5 Å². The van der Waals surface area contributed by atoms with Gasteiger partial charge in [-0.15, -0.1) is 0 Å². The SMILES string of the molecule is CCC[C@](CCC(C)C)(C(N)=O)C(=O)N1CCN([C@H](c2ccccc2)c2ccc(Cl)cc2)CC1. The molecule has 184 valence electrons. The van der Waals surface area contributed by atoms with Crippen molar-refractivity contribution in [3.05, 3.63) is 70.7 Å². The maximum atomic E-state index is 13.7. The molecular weight excluding hydrogens is 446 g/mol. The molecule has 1 heterocycles. The zero-order chi connectivity index (χ0) is 24.7. The van der Waals surface area contributed by atoms with Crippen LogP contribution in [0.5, 0.6) is 0 Å². The minimum atomic E-state index is -1.10. The molecule has 0 aromatic heterocycles. The fourth-order valence-electron chi connectivity index (χ4n) is 5.03. The van der Waals surface area contributed by atoms with Crippen molar-refractivity contribution in [2.24, 2.45) is 17.1 Å². The number of hydrogen-bond acceptors (Lipinski definition) is 3. The van der Waals surface area contributed by atoms with Gasteiger partial charge in [0, 0.05) is 31.2 Å². The van der Waals surface area contributed by atoms with E-state index in [2.05, 4.69) is 55.1 Å². The van der Waals surface area contributed by atoms with Crippen LogP contribution in [0, 0.1) is 11.3 Å². The van der Waals surface area contributed by atoms with E-state index in [0.717, 1.165) is 25.9 Å². The molecule has 5 nitrogen and oxygen atoms in total. The van der Waals surface area contributed by atoms with Crippen LogP contribution < -0.4 is 5.73 Å². The van der Waals surface area contributed by atoms with Crippen LogP contribution in [0.25, 0.3) is 0 Å². The van der Waals surface area contributed by atoms with Crippen molar-refractivity contribution in [1.82, 2.24) is 9.80 Å². The number of halogens is 1. The summed E-state index contributed by atoms with van der Waals surface area (Å²) in [6, 6.07) is 18.5. The van der Waals surface area contributed by atoms with Gasteiger partial charge in [-0.1, -0.05) is 81.3 Å². The van der Waals surface area contributed by atoms with Crippen molar-refractivity contribution in [3.8, 4) is 0 Å². The first-order valence-electron chi connectivity index (χ1n) is 12.4. The molecule has 2 amide bonds. The van der Waals surface area contributed by atoms with Crippen LogP contribution >= 0.6 is 11.6 Å². The van der Waals surface area contributed by atoms with Crippen molar-refractivity contribution in [2.75, 3.05) is 26.2 Å². The fourth-order valence-corrected chi connectivity index (χ4v) is 5.16. The third-order valence-corrected chi connectivity index (χ3v) is 7.23. The van der Waals surface area contributed by atoms with Crippen LogP contribution in [-0.4, -0.2) is 47.8 Å². The largest absolute Gasteiger partial charge is 0.369 e. The van der Waals surface area contributed by atoms with Crippen LogP contribution in [0.1, 0.15) is 63.6 Å². The van der Waals surface area contributed by atoms with Gasteiger partial charge >= 0.3 is 0 Å².